The molecule has 0 atom stereocenters. The lowest BCUT2D eigenvalue weighted by Crippen LogP contribution is -2.11. The van der Waals surface area contributed by atoms with Gasteiger partial charge in [0.05, 0.1) is 0 Å². The summed E-state index contributed by atoms with van der Waals surface area (Å²) in [7, 11) is -4.01. The van der Waals surface area contributed by atoms with Crippen LogP contribution >= 0.6 is 0 Å². The summed E-state index contributed by atoms with van der Waals surface area (Å²) >= 11 is 0. The van der Waals surface area contributed by atoms with Gasteiger partial charge in [0, 0.05) is 0 Å². The van der Waals surface area contributed by atoms with E-state index in [-0.39, 0.29) is 10.7 Å². The van der Waals surface area contributed by atoms with Crippen molar-refractivity contribution in [1.82, 2.24) is 0 Å². The summed E-state index contributed by atoms with van der Waals surface area (Å²) in [5.41, 5.74) is 3.07. The van der Waals surface area contributed by atoms with Crippen LogP contribution in [0, 0.1) is 20.8 Å². The van der Waals surface area contributed by atoms with E-state index in [9.17, 15) is 13.2 Å². The Hall–Kier alpha value is -2.21. The zero-order valence-corrected chi connectivity index (χ0v) is 13.7. The fourth-order valence-electron chi connectivity index (χ4n) is 2.42. The first-order valence-corrected chi connectivity index (χ1v) is 8.12. The zero-order valence-electron chi connectivity index (χ0n) is 12.9. The molecule has 116 valence electrons. The van der Waals surface area contributed by atoms with E-state index in [2.05, 4.69) is 5.16 Å². The first-order valence-electron chi connectivity index (χ1n) is 6.71. The van der Waals surface area contributed by atoms with E-state index in [1.54, 1.807) is 32.9 Å². The molecule has 0 aromatic heterocycles. The number of hydrogen-bond acceptors (Lipinski definition) is 5. The van der Waals surface area contributed by atoms with Gasteiger partial charge in [0.1, 0.15) is 10.6 Å². The second kappa shape index (κ2) is 5.88. The predicted molar refractivity (Wildman–Crippen MR) is 84.3 cm³/mol. The summed E-state index contributed by atoms with van der Waals surface area (Å²) in [5, 5.41) is 3.67. The van der Waals surface area contributed by atoms with Gasteiger partial charge >= 0.3 is 10.1 Å². The molecule has 1 aliphatic rings. The van der Waals surface area contributed by atoms with Crippen LogP contribution in [-0.4, -0.2) is 19.9 Å². The zero-order chi connectivity index (χ0) is 16.5. The fraction of sp³-hybridized carbons (Fsp3) is 0.250. The predicted octanol–water partition coefficient (Wildman–Crippen LogP) is 2.76. The summed E-state index contributed by atoms with van der Waals surface area (Å²) in [6.45, 7) is 7.00. The van der Waals surface area contributed by atoms with Gasteiger partial charge in [-0.15, -0.1) is 0 Å². The van der Waals surface area contributed by atoms with Crippen LogP contribution in [0.2, 0.25) is 0 Å². The van der Waals surface area contributed by atoms with Gasteiger partial charge in [0.15, 0.2) is 5.78 Å². The Morgan fingerprint density at radius 2 is 1.59 bits per heavy atom. The maximum Gasteiger partial charge on any atom is 0.359 e. The minimum absolute atomic E-state index is 0.125. The SMILES string of the molecule is CC1=CC(=O)C=C/C1=N/OS(=O)(=O)c1c(C)cc(C)cc1C. The number of ketones is 1. The molecule has 0 unspecified atom stereocenters. The number of aryl methyl sites for hydroxylation is 3. The Kier molecular flexibility index (Phi) is 4.32. The van der Waals surface area contributed by atoms with Gasteiger partial charge in [-0.3, -0.25) is 9.08 Å². The number of benzene rings is 1. The molecule has 0 heterocycles. The molecule has 0 spiro atoms. The average Bonchev–Trinajstić information content (AvgIpc) is 2.35. The van der Waals surface area contributed by atoms with Crippen LogP contribution in [0.15, 0.2) is 46.0 Å². The Labute approximate surface area is 130 Å². The quantitative estimate of drug-likeness (QED) is 0.634. The van der Waals surface area contributed by atoms with Crippen LogP contribution in [0.1, 0.15) is 23.6 Å². The van der Waals surface area contributed by atoms with Crippen molar-refractivity contribution in [3.8, 4) is 0 Å². The molecule has 0 saturated carbocycles. The minimum atomic E-state index is -4.01. The van der Waals surface area contributed by atoms with E-state index in [0.29, 0.717) is 22.4 Å². The molecule has 5 nitrogen and oxygen atoms in total. The van der Waals surface area contributed by atoms with E-state index in [0.717, 1.165) is 5.56 Å². The summed E-state index contributed by atoms with van der Waals surface area (Å²) in [4.78, 5) is 11.3. The van der Waals surface area contributed by atoms with E-state index in [1.807, 2.05) is 6.92 Å². The number of nitrogens with zero attached hydrogens (tertiary/aromatic N) is 1. The lowest BCUT2D eigenvalue weighted by atomic mass is 10.1. The van der Waals surface area contributed by atoms with Crippen molar-refractivity contribution in [3.63, 3.8) is 0 Å². The second-order valence-corrected chi connectivity index (χ2v) is 6.76. The van der Waals surface area contributed by atoms with Crippen LogP contribution in [0.4, 0.5) is 0 Å². The van der Waals surface area contributed by atoms with Crippen molar-refractivity contribution in [3.05, 3.63) is 52.6 Å². The van der Waals surface area contributed by atoms with Gasteiger partial charge in [-0.25, -0.2) is 0 Å². The van der Waals surface area contributed by atoms with Gasteiger partial charge in [0.2, 0.25) is 0 Å². The van der Waals surface area contributed by atoms with Crippen LogP contribution in [0.5, 0.6) is 0 Å². The second-order valence-electron chi connectivity index (χ2n) is 5.30. The third-order valence-electron chi connectivity index (χ3n) is 3.26. The van der Waals surface area contributed by atoms with Crippen LogP contribution in [0.3, 0.4) is 0 Å². The topological polar surface area (TPSA) is 72.8 Å². The van der Waals surface area contributed by atoms with Gasteiger partial charge in [-0.1, -0.05) is 22.9 Å². The van der Waals surface area contributed by atoms with Crippen molar-refractivity contribution < 1.29 is 17.5 Å². The molecule has 0 bridgehead atoms. The van der Waals surface area contributed by atoms with Gasteiger partial charge in [0.25, 0.3) is 0 Å². The number of allylic oxidation sites excluding steroid dienone is 4. The molecule has 0 fully saturated rings. The highest BCUT2D eigenvalue weighted by Crippen LogP contribution is 2.24. The Bertz CT molecular complexity index is 807. The van der Waals surface area contributed by atoms with E-state index < -0.39 is 10.1 Å². The van der Waals surface area contributed by atoms with Crippen molar-refractivity contribution >= 4 is 21.6 Å². The van der Waals surface area contributed by atoms with Crippen molar-refractivity contribution in [2.24, 2.45) is 5.16 Å². The largest absolute Gasteiger partial charge is 0.359 e. The number of carbonyl (C=O) groups excluding carboxylic acids is 1. The summed E-state index contributed by atoms with van der Waals surface area (Å²) in [6.07, 6.45) is 4.11. The van der Waals surface area contributed by atoms with E-state index in [4.69, 9.17) is 4.28 Å². The highest BCUT2D eigenvalue weighted by molar-refractivity contribution is 7.86. The summed E-state index contributed by atoms with van der Waals surface area (Å²) in [6, 6.07) is 3.56. The molecule has 6 heteroatoms. The lowest BCUT2D eigenvalue weighted by Gasteiger charge is -2.11. The fourth-order valence-corrected chi connectivity index (χ4v) is 3.58. The maximum absolute atomic E-state index is 12.4. The summed E-state index contributed by atoms with van der Waals surface area (Å²) in [5.74, 6) is -0.162. The minimum Gasteiger partial charge on any atom is -0.290 e. The first kappa shape index (κ1) is 16.2. The number of hydrogen-bond donors (Lipinski definition) is 0. The molecular weight excluding hydrogens is 302 g/mol. The number of oxime groups is 1. The van der Waals surface area contributed by atoms with Crippen LogP contribution in [-0.2, 0) is 19.2 Å². The highest BCUT2D eigenvalue weighted by atomic mass is 32.2. The molecular formula is C16H17NO4S. The summed E-state index contributed by atoms with van der Waals surface area (Å²) < 4.78 is 29.5. The molecule has 0 radical (unpaired) electrons. The third-order valence-corrected chi connectivity index (χ3v) is 4.67. The maximum atomic E-state index is 12.4. The molecule has 1 aromatic rings. The standard InChI is InChI=1S/C16H17NO4S/c1-10-7-12(3)16(13(4)8-10)22(19,20)21-17-15-6-5-14(18)9-11(15)2/h5-9H,1-4H3/b17-15-. The molecule has 0 aliphatic heterocycles. The Morgan fingerprint density at radius 1 is 1.00 bits per heavy atom. The molecule has 0 saturated heterocycles. The lowest BCUT2D eigenvalue weighted by molar-refractivity contribution is -0.110. The molecule has 1 aliphatic carbocycles. The van der Waals surface area contributed by atoms with Crippen LogP contribution in [0.25, 0.3) is 0 Å². The third kappa shape index (κ3) is 3.33. The van der Waals surface area contributed by atoms with Crippen molar-refractivity contribution in [2.45, 2.75) is 32.6 Å². The monoisotopic (exact) mass is 319 g/mol. The van der Waals surface area contributed by atoms with E-state index in [1.165, 1.54) is 18.2 Å². The normalized spacial score (nSPS) is 16.8. The number of rotatable bonds is 3. The molecule has 2 rings (SSSR count). The number of carbonyl (C=O) groups is 1. The molecule has 22 heavy (non-hydrogen) atoms. The van der Waals surface area contributed by atoms with Gasteiger partial charge < -0.3 is 0 Å². The van der Waals surface area contributed by atoms with Gasteiger partial charge in [-0.2, -0.15) is 8.42 Å². The molecule has 0 N–H and O–H groups in total. The Balaban J connectivity index is 2.36. The van der Waals surface area contributed by atoms with E-state index >= 15 is 0 Å². The highest BCUT2D eigenvalue weighted by Gasteiger charge is 2.22. The van der Waals surface area contributed by atoms with Crippen LogP contribution < -0.4 is 0 Å². The first-order chi connectivity index (χ1) is 10.2. The Morgan fingerprint density at radius 3 is 2.14 bits per heavy atom. The molecule has 1 aromatic carbocycles. The van der Waals surface area contributed by atoms with Crippen molar-refractivity contribution in [2.75, 3.05) is 0 Å². The van der Waals surface area contributed by atoms with Crippen molar-refractivity contribution in [1.29, 1.82) is 0 Å². The average molecular weight is 319 g/mol. The smallest absolute Gasteiger partial charge is 0.290 e. The molecule has 0 amide bonds. The van der Waals surface area contributed by atoms with Gasteiger partial charge in [-0.05, 0) is 62.6 Å².